The lowest BCUT2D eigenvalue weighted by molar-refractivity contribution is -0.113. The number of amides is 1. The van der Waals surface area contributed by atoms with Gasteiger partial charge in [0.1, 0.15) is 5.75 Å². The zero-order chi connectivity index (χ0) is 25.2. The number of carbonyl (C=O) groups is 1. The lowest BCUT2D eigenvalue weighted by Gasteiger charge is -2.14. The largest absolute Gasteiger partial charge is 0.507 e. The van der Waals surface area contributed by atoms with Gasteiger partial charge in [-0.2, -0.15) is 0 Å². The number of halogens is 1. The highest BCUT2D eigenvalue weighted by molar-refractivity contribution is 9.10. The van der Waals surface area contributed by atoms with Crippen molar-refractivity contribution in [1.29, 1.82) is 0 Å². The maximum atomic E-state index is 12.9. The van der Waals surface area contributed by atoms with Crippen LogP contribution in [0, 0.1) is 13.8 Å². The maximum absolute atomic E-state index is 12.9. The number of hydrogen-bond acceptors (Lipinski definition) is 5. The Bertz CT molecular complexity index is 1590. The number of thioether (sulfide) groups is 1. The first-order chi connectivity index (χ1) is 17.4. The minimum Gasteiger partial charge on any atom is -0.507 e. The number of phenols is 1. The molecule has 0 saturated heterocycles. The summed E-state index contributed by atoms with van der Waals surface area (Å²) in [4.78, 5) is 12.9. The summed E-state index contributed by atoms with van der Waals surface area (Å²) >= 11 is 4.77. The van der Waals surface area contributed by atoms with Crippen molar-refractivity contribution in [2.24, 2.45) is 0 Å². The van der Waals surface area contributed by atoms with Gasteiger partial charge in [-0.25, -0.2) is 0 Å². The van der Waals surface area contributed by atoms with Gasteiger partial charge in [0.15, 0.2) is 11.0 Å². The standard InChI is InChI=1S/C28H23BrN4O2S/c1-17-10-12-24(18(2)14-17)33-27(22-15-20(29)11-13-25(22)34)31-32-28(33)36-16-26(35)30-23-9-5-7-19-6-3-4-8-21(19)23/h3-15,34H,16H2,1-2H3,(H,30,35). The topological polar surface area (TPSA) is 80.0 Å². The van der Waals surface area contributed by atoms with E-state index in [9.17, 15) is 9.90 Å². The van der Waals surface area contributed by atoms with Crippen LogP contribution >= 0.6 is 27.7 Å². The minimum atomic E-state index is -0.140. The van der Waals surface area contributed by atoms with Crippen LogP contribution < -0.4 is 5.32 Å². The average Bonchev–Trinajstić information content (AvgIpc) is 3.28. The van der Waals surface area contributed by atoms with Gasteiger partial charge in [0, 0.05) is 15.5 Å². The van der Waals surface area contributed by atoms with E-state index in [1.165, 1.54) is 11.8 Å². The van der Waals surface area contributed by atoms with E-state index in [1.54, 1.807) is 18.2 Å². The number of benzene rings is 4. The third-order valence-corrected chi connectivity index (χ3v) is 7.24. The quantitative estimate of drug-likeness (QED) is 0.221. The van der Waals surface area contributed by atoms with Crippen LogP contribution in [0.1, 0.15) is 11.1 Å². The molecule has 0 aliphatic heterocycles. The number of rotatable bonds is 6. The molecule has 5 rings (SSSR count). The molecule has 180 valence electrons. The van der Waals surface area contributed by atoms with Crippen LogP contribution in [-0.2, 0) is 4.79 Å². The van der Waals surface area contributed by atoms with Crippen molar-refractivity contribution < 1.29 is 9.90 Å². The highest BCUT2D eigenvalue weighted by atomic mass is 79.9. The van der Waals surface area contributed by atoms with Crippen LogP contribution in [0.2, 0.25) is 0 Å². The maximum Gasteiger partial charge on any atom is 0.234 e. The molecule has 0 aliphatic rings. The Kier molecular flexibility index (Phi) is 6.80. The van der Waals surface area contributed by atoms with Gasteiger partial charge in [0.25, 0.3) is 0 Å². The van der Waals surface area contributed by atoms with Crippen molar-refractivity contribution in [2.75, 3.05) is 11.1 Å². The molecule has 8 heteroatoms. The summed E-state index contributed by atoms with van der Waals surface area (Å²) < 4.78 is 2.71. The van der Waals surface area contributed by atoms with Crippen molar-refractivity contribution in [1.82, 2.24) is 14.8 Å². The fraction of sp³-hybridized carbons (Fsp3) is 0.107. The number of anilines is 1. The molecule has 5 aromatic rings. The number of phenolic OH excluding ortho intramolecular Hbond substituents is 1. The normalized spacial score (nSPS) is 11.1. The zero-order valence-corrected chi connectivity index (χ0v) is 22.1. The molecule has 4 aromatic carbocycles. The lowest BCUT2D eigenvalue weighted by atomic mass is 10.1. The predicted octanol–water partition coefficient (Wildman–Crippen LogP) is 6.90. The first-order valence-electron chi connectivity index (χ1n) is 11.3. The van der Waals surface area contributed by atoms with Crippen molar-refractivity contribution in [3.8, 4) is 22.8 Å². The molecule has 0 fully saturated rings. The Hall–Kier alpha value is -3.62. The molecule has 2 N–H and O–H groups in total. The Balaban J connectivity index is 1.47. The Labute approximate surface area is 221 Å². The Morgan fingerprint density at radius 2 is 1.81 bits per heavy atom. The summed E-state index contributed by atoms with van der Waals surface area (Å²) in [5, 5.41) is 25.0. The summed E-state index contributed by atoms with van der Waals surface area (Å²) in [6, 6.07) is 25.1. The molecule has 0 bridgehead atoms. The van der Waals surface area contributed by atoms with Crippen molar-refractivity contribution in [2.45, 2.75) is 19.0 Å². The summed E-state index contributed by atoms with van der Waals surface area (Å²) in [5.74, 6) is 0.606. The van der Waals surface area contributed by atoms with E-state index in [-0.39, 0.29) is 17.4 Å². The van der Waals surface area contributed by atoms with Gasteiger partial charge in [-0.15, -0.1) is 10.2 Å². The van der Waals surface area contributed by atoms with Gasteiger partial charge < -0.3 is 10.4 Å². The number of nitrogens with zero attached hydrogens (tertiary/aromatic N) is 3. The lowest BCUT2D eigenvalue weighted by Crippen LogP contribution is -2.15. The van der Waals surface area contributed by atoms with Gasteiger partial charge in [0.05, 0.1) is 17.0 Å². The van der Waals surface area contributed by atoms with Gasteiger partial charge in [-0.1, -0.05) is 81.8 Å². The zero-order valence-electron chi connectivity index (χ0n) is 19.7. The van der Waals surface area contributed by atoms with Gasteiger partial charge >= 0.3 is 0 Å². The van der Waals surface area contributed by atoms with E-state index in [2.05, 4.69) is 37.5 Å². The molecule has 36 heavy (non-hydrogen) atoms. The predicted molar refractivity (Wildman–Crippen MR) is 149 cm³/mol. The Morgan fingerprint density at radius 1 is 1.00 bits per heavy atom. The second-order valence-electron chi connectivity index (χ2n) is 8.46. The van der Waals surface area contributed by atoms with Gasteiger partial charge in [0.2, 0.25) is 5.91 Å². The number of aryl methyl sites for hydroxylation is 2. The molecule has 0 saturated carbocycles. The molecular formula is C28H23BrN4O2S. The molecule has 0 atom stereocenters. The van der Waals surface area contributed by atoms with Crippen LogP contribution in [0.4, 0.5) is 5.69 Å². The fourth-order valence-electron chi connectivity index (χ4n) is 4.15. The number of aromatic hydroxyl groups is 1. The van der Waals surface area contributed by atoms with Gasteiger partial charge in [-0.05, 0) is 55.1 Å². The first kappa shape index (κ1) is 24.1. The van der Waals surface area contributed by atoms with Crippen molar-refractivity contribution in [3.05, 3.63) is 94.5 Å². The van der Waals surface area contributed by atoms with E-state index in [0.29, 0.717) is 16.5 Å². The van der Waals surface area contributed by atoms with E-state index < -0.39 is 0 Å². The second kappa shape index (κ2) is 10.2. The van der Waals surface area contributed by atoms with E-state index >= 15 is 0 Å². The second-order valence-corrected chi connectivity index (χ2v) is 10.3. The number of carbonyl (C=O) groups excluding carboxylic acids is 1. The SMILES string of the molecule is Cc1ccc(-n2c(SCC(=O)Nc3cccc4ccccc34)nnc2-c2cc(Br)ccc2O)c(C)c1. The molecule has 0 radical (unpaired) electrons. The summed E-state index contributed by atoms with van der Waals surface area (Å²) in [6.45, 7) is 4.06. The number of hydrogen-bond donors (Lipinski definition) is 2. The Morgan fingerprint density at radius 3 is 2.64 bits per heavy atom. The van der Waals surface area contributed by atoms with Crippen LogP contribution in [0.3, 0.4) is 0 Å². The minimum absolute atomic E-state index is 0.0989. The number of nitrogens with one attached hydrogen (secondary N) is 1. The van der Waals surface area contributed by atoms with Crippen LogP contribution in [0.5, 0.6) is 5.75 Å². The monoisotopic (exact) mass is 558 g/mol. The third-order valence-electron chi connectivity index (χ3n) is 5.82. The molecule has 0 aliphatic carbocycles. The van der Waals surface area contributed by atoms with Crippen molar-refractivity contribution in [3.63, 3.8) is 0 Å². The van der Waals surface area contributed by atoms with E-state index in [4.69, 9.17) is 0 Å². The van der Waals surface area contributed by atoms with Crippen LogP contribution in [-0.4, -0.2) is 31.5 Å². The van der Waals surface area contributed by atoms with Crippen LogP contribution in [0.15, 0.2) is 88.5 Å². The van der Waals surface area contributed by atoms with Crippen LogP contribution in [0.25, 0.3) is 27.8 Å². The molecule has 0 unspecified atom stereocenters. The molecule has 0 spiro atoms. The first-order valence-corrected chi connectivity index (χ1v) is 13.1. The van der Waals surface area contributed by atoms with E-state index in [0.717, 1.165) is 37.7 Å². The van der Waals surface area contributed by atoms with Gasteiger partial charge in [-0.3, -0.25) is 9.36 Å². The molecule has 1 heterocycles. The van der Waals surface area contributed by atoms with E-state index in [1.807, 2.05) is 73.0 Å². The number of fused-ring (bicyclic) bond motifs is 1. The summed E-state index contributed by atoms with van der Waals surface area (Å²) in [5.41, 5.74) is 4.38. The molecule has 1 amide bonds. The smallest absolute Gasteiger partial charge is 0.234 e. The molecule has 6 nitrogen and oxygen atoms in total. The fourth-order valence-corrected chi connectivity index (χ4v) is 5.26. The van der Waals surface area contributed by atoms with Crippen molar-refractivity contribution >= 4 is 50.1 Å². The summed E-state index contributed by atoms with van der Waals surface area (Å²) in [7, 11) is 0. The number of aromatic nitrogens is 3. The average molecular weight is 559 g/mol. The highest BCUT2D eigenvalue weighted by Gasteiger charge is 2.21. The molecule has 1 aromatic heterocycles. The third kappa shape index (κ3) is 4.87. The highest BCUT2D eigenvalue weighted by Crippen LogP contribution is 2.35. The summed E-state index contributed by atoms with van der Waals surface area (Å²) in [6.07, 6.45) is 0. The molecular weight excluding hydrogens is 536 g/mol.